The summed E-state index contributed by atoms with van der Waals surface area (Å²) in [5.41, 5.74) is 2.04. The molecular weight excluding hydrogens is 252 g/mol. The third-order valence-corrected chi connectivity index (χ3v) is 2.92. The van der Waals surface area contributed by atoms with Gasteiger partial charge in [0.1, 0.15) is 17.9 Å². The fourth-order valence-electron chi connectivity index (χ4n) is 1.90. The Kier molecular flexibility index (Phi) is 4.56. The minimum absolute atomic E-state index is 0.230. The second-order valence-electron chi connectivity index (χ2n) is 4.19. The van der Waals surface area contributed by atoms with Gasteiger partial charge in [0.2, 0.25) is 0 Å². The first kappa shape index (κ1) is 13.9. The molecular formula is C17H16O3. The van der Waals surface area contributed by atoms with E-state index in [1.165, 1.54) is 7.11 Å². The first-order valence-electron chi connectivity index (χ1n) is 6.26. The number of rotatable bonds is 5. The molecule has 2 aromatic carbocycles. The largest absolute Gasteiger partial charge is 0.496 e. The highest BCUT2D eigenvalue weighted by Gasteiger charge is 2.17. The van der Waals surface area contributed by atoms with Crippen LogP contribution in [-0.2, 0) is 11.3 Å². The zero-order valence-corrected chi connectivity index (χ0v) is 11.3. The summed E-state index contributed by atoms with van der Waals surface area (Å²) in [5.74, 6) is 0.0710. The number of benzene rings is 2. The molecule has 0 atom stereocenters. The van der Waals surface area contributed by atoms with E-state index in [4.69, 9.17) is 9.47 Å². The van der Waals surface area contributed by atoms with E-state index in [0.717, 1.165) is 5.56 Å². The summed E-state index contributed by atoms with van der Waals surface area (Å²) in [6.07, 6.45) is 1.61. The predicted octanol–water partition coefficient (Wildman–Crippen LogP) is 3.70. The third kappa shape index (κ3) is 3.06. The van der Waals surface area contributed by atoms with Crippen LogP contribution in [0.2, 0.25) is 0 Å². The molecule has 0 heterocycles. The van der Waals surface area contributed by atoms with Crippen molar-refractivity contribution in [3.05, 3.63) is 71.8 Å². The first-order chi connectivity index (χ1) is 9.76. The molecule has 0 bridgehead atoms. The standard InChI is InChI=1S/C17H16O3/c1-3-14-10-7-11-15(19-2)16(14)17(18)20-12-13-8-5-4-6-9-13/h3-11H,1,12H2,2H3. The van der Waals surface area contributed by atoms with Crippen LogP contribution in [0.5, 0.6) is 5.75 Å². The Morgan fingerprint density at radius 1 is 1.15 bits per heavy atom. The smallest absolute Gasteiger partial charge is 0.342 e. The van der Waals surface area contributed by atoms with Crippen molar-refractivity contribution in [2.75, 3.05) is 7.11 Å². The van der Waals surface area contributed by atoms with Crippen LogP contribution in [-0.4, -0.2) is 13.1 Å². The molecule has 0 saturated heterocycles. The molecule has 0 saturated carbocycles. The molecule has 0 aliphatic rings. The van der Waals surface area contributed by atoms with Crippen molar-refractivity contribution in [3.63, 3.8) is 0 Å². The van der Waals surface area contributed by atoms with E-state index >= 15 is 0 Å². The Labute approximate surface area is 118 Å². The maximum Gasteiger partial charge on any atom is 0.342 e. The van der Waals surface area contributed by atoms with Crippen LogP contribution in [0.1, 0.15) is 21.5 Å². The van der Waals surface area contributed by atoms with Crippen molar-refractivity contribution in [3.8, 4) is 5.75 Å². The fraction of sp³-hybridized carbons (Fsp3) is 0.118. The van der Waals surface area contributed by atoms with E-state index < -0.39 is 5.97 Å². The van der Waals surface area contributed by atoms with Crippen molar-refractivity contribution >= 4 is 12.0 Å². The molecule has 0 aromatic heterocycles. The number of ether oxygens (including phenoxy) is 2. The van der Waals surface area contributed by atoms with E-state index in [2.05, 4.69) is 6.58 Å². The van der Waals surface area contributed by atoms with Crippen LogP contribution in [0.15, 0.2) is 55.1 Å². The predicted molar refractivity (Wildman–Crippen MR) is 78.6 cm³/mol. The third-order valence-electron chi connectivity index (χ3n) is 2.92. The maximum atomic E-state index is 12.2. The molecule has 0 N–H and O–H groups in total. The van der Waals surface area contributed by atoms with Gasteiger partial charge in [-0.25, -0.2) is 4.79 Å². The van der Waals surface area contributed by atoms with E-state index in [1.807, 2.05) is 36.4 Å². The molecule has 2 rings (SSSR count). The number of esters is 1. The Bertz CT molecular complexity index is 603. The summed E-state index contributed by atoms with van der Waals surface area (Å²) >= 11 is 0. The molecule has 2 aromatic rings. The summed E-state index contributed by atoms with van der Waals surface area (Å²) in [6, 6.07) is 14.9. The molecule has 0 radical (unpaired) electrons. The van der Waals surface area contributed by atoms with Crippen LogP contribution in [0.4, 0.5) is 0 Å². The van der Waals surface area contributed by atoms with Crippen molar-refractivity contribution in [2.24, 2.45) is 0 Å². The minimum Gasteiger partial charge on any atom is -0.496 e. The van der Waals surface area contributed by atoms with Gasteiger partial charge in [0.25, 0.3) is 0 Å². The van der Waals surface area contributed by atoms with Gasteiger partial charge in [-0.15, -0.1) is 0 Å². The summed E-state index contributed by atoms with van der Waals surface area (Å²) < 4.78 is 10.5. The van der Waals surface area contributed by atoms with Crippen molar-refractivity contribution in [1.29, 1.82) is 0 Å². The minimum atomic E-state index is -0.416. The summed E-state index contributed by atoms with van der Waals surface area (Å²) in [7, 11) is 1.52. The van der Waals surface area contributed by atoms with E-state index in [1.54, 1.807) is 18.2 Å². The number of carbonyl (C=O) groups is 1. The van der Waals surface area contributed by atoms with Gasteiger partial charge >= 0.3 is 5.97 Å². The molecule has 0 spiro atoms. The lowest BCUT2D eigenvalue weighted by molar-refractivity contribution is 0.0469. The van der Waals surface area contributed by atoms with Crippen molar-refractivity contribution in [2.45, 2.75) is 6.61 Å². The molecule has 0 amide bonds. The highest BCUT2D eigenvalue weighted by Crippen LogP contribution is 2.24. The van der Waals surface area contributed by atoms with Gasteiger partial charge in [-0.05, 0) is 17.2 Å². The van der Waals surface area contributed by atoms with Crippen molar-refractivity contribution in [1.82, 2.24) is 0 Å². The van der Waals surface area contributed by atoms with Crippen LogP contribution in [0.3, 0.4) is 0 Å². The lowest BCUT2D eigenvalue weighted by Crippen LogP contribution is -2.09. The number of hydrogen-bond acceptors (Lipinski definition) is 3. The lowest BCUT2D eigenvalue weighted by atomic mass is 10.1. The zero-order valence-electron chi connectivity index (χ0n) is 11.3. The monoisotopic (exact) mass is 268 g/mol. The summed E-state index contributed by atoms with van der Waals surface area (Å²) in [4.78, 5) is 12.2. The first-order valence-corrected chi connectivity index (χ1v) is 6.26. The fourth-order valence-corrected chi connectivity index (χ4v) is 1.90. The van der Waals surface area contributed by atoms with Crippen LogP contribution >= 0.6 is 0 Å². The van der Waals surface area contributed by atoms with Gasteiger partial charge < -0.3 is 9.47 Å². The molecule has 0 aliphatic heterocycles. The summed E-state index contributed by atoms with van der Waals surface area (Å²) in [6.45, 7) is 3.93. The topological polar surface area (TPSA) is 35.5 Å². The van der Waals surface area contributed by atoms with Gasteiger partial charge in [0.15, 0.2) is 0 Å². The molecule has 102 valence electrons. The number of carbonyl (C=O) groups excluding carboxylic acids is 1. The Morgan fingerprint density at radius 3 is 2.55 bits per heavy atom. The van der Waals surface area contributed by atoms with E-state index in [-0.39, 0.29) is 6.61 Å². The Hall–Kier alpha value is -2.55. The van der Waals surface area contributed by atoms with Gasteiger partial charge in [0.05, 0.1) is 7.11 Å². The van der Waals surface area contributed by atoms with Crippen LogP contribution in [0.25, 0.3) is 6.08 Å². The Balaban J connectivity index is 2.19. The van der Waals surface area contributed by atoms with Crippen molar-refractivity contribution < 1.29 is 14.3 Å². The number of methoxy groups -OCH3 is 1. The Morgan fingerprint density at radius 2 is 1.90 bits per heavy atom. The maximum absolute atomic E-state index is 12.2. The molecule has 20 heavy (non-hydrogen) atoms. The van der Waals surface area contributed by atoms with Crippen LogP contribution < -0.4 is 4.74 Å². The lowest BCUT2D eigenvalue weighted by Gasteiger charge is -2.11. The number of hydrogen-bond donors (Lipinski definition) is 0. The van der Waals surface area contributed by atoms with E-state index in [0.29, 0.717) is 16.9 Å². The average Bonchev–Trinajstić information content (AvgIpc) is 2.52. The normalized spacial score (nSPS) is 9.85. The SMILES string of the molecule is C=Cc1cccc(OC)c1C(=O)OCc1ccccc1. The van der Waals surface area contributed by atoms with Gasteiger partial charge in [-0.1, -0.05) is 55.1 Å². The molecule has 0 aliphatic carbocycles. The molecule has 3 nitrogen and oxygen atoms in total. The van der Waals surface area contributed by atoms with Gasteiger partial charge in [-0.2, -0.15) is 0 Å². The second kappa shape index (κ2) is 6.57. The highest BCUT2D eigenvalue weighted by molar-refractivity contribution is 5.96. The van der Waals surface area contributed by atoms with Gasteiger partial charge in [0, 0.05) is 0 Å². The van der Waals surface area contributed by atoms with Crippen LogP contribution in [0, 0.1) is 0 Å². The zero-order chi connectivity index (χ0) is 14.4. The second-order valence-corrected chi connectivity index (χ2v) is 4.19. The quantitative estimate of drug-likeness (QED) is 0.776. The molecule has 0 unspecified atom stereocenters. The summed E-state index contributed by atoms with van der Waals surface area (Å²) in [5, 5.41) is 0. The van der Waals surface area contributed by atoms with Gasteiger partial charge in [-0.3, -0.25) is 0 Å². The molecule has 0 fully saturated rings. The molecule has 3 heteroatoms. The average molecular weight is 268 g/mol. The van der Waals surface area contributed by atoms with E-state index in [9.17, 15) is 4.79 Å². The highest BCUT2D eigenvalue weighted by atomic mass is 16.5.